The van der Waals surface area contributed by atoms with Crippen LogP contribution in [-0.2, 0) is 12.8 Å². The van der Waals surface area contributed by atoms with Gasteiger partial charge in [-0.25, -0.2) is 4.98 Å². The molecule has 2 heterocycles. The summed E-state index contributed by atoms with van der Waals surface area (Å²) in [6, 6.07) is 9.68. The van der Waals surface area contributed by atoms with Gasteiger partial charge in [0.25, 0.3) is 0 Å². The van der Waals surface area contributed by atoms with Crippen molar-refractivity contribution in [3.63, 3.8) is 0 Å². The number of rotatable bonds is 5. The highest BCUT2D eigenvalue weighted by molar-refractivity contribution is 5.18. The highest BCUT2D eigenvalue weighted by Crippen LogP contribution is 2.14. The summed E-state index contributed by atoms with van der Waals surface area (Å²) in [5.74, 6) is 1.09. The molecule has 0 aliphatic heterocycles. The number of H-pyrrole nitrogens is 1. The second-order valence-corrected chi connectivity index (χ2v) is 4.60. The van der Waals surface area contributed by atoms with Crippen LogP contribution < -0.4 is 5.73 Å². The van der Waals surface area contributed by atoms with Crippen molar-refractivity contribution >= 4 is 0 Å². The van der Waals surface area contributed by atoms with Gasteiger partial charge in [0.2, 0.25) is 5.89 Å². The Kier molecular flexibility index (Phi) is 3.56. The van der Waals surface area contributed by atoms with Crippen molar-refractivity contribution < 1.29 is 4.52 Å². The third-order valence-corrected chi connectivity index (χ3v) is 3.00. The van der Waals surface area contributed by atoms with E-state index in [2.05, 4.69) is 20.1 Å². The molecule has 0 spiro atoms. The van der Waals surface area contributed by atoms with Crippen LogP contribution in [0.1, 0.15) is 29.0 Å². The summed E-state index contributed by atoms with van der Waals surface area (Å²) in [6.45, 7) is 0. The largest absolute Gasteiger partial charge is 0.348 e. The lowest BCUT2D eigenvalue weighted by Gasteiger charge is -2.03. The zero-order valence-electron chi connectivity index (χ0n) is 10.9. The maximum atomic E-state index is 6.05. The van der Waals surface area contributed by atoms with Gasteiger partial charge in [-0.1, -0.05) is 35.5 Å². The molecule has 3 rings (SSSR count). The molecule has 6 heteroatoms. The van der Waals surface area contributed by atoms with E-state index in [9.17, 15) is 0 Å². The van der Waals surface area contributed by atoms with Crippen LogP contribution in [0.3, 0.4) is 0 Å². The predicted octanol–water partition coefficient (Wildman–Crippen LogP) is 1.63. The van der Waals surface area contributed by atoms with E-state index in [0.717, 1.165) is 11.3 Å². The number of hydrogen-bond donors (Lipinski definition) is 2. The molecule has 0 amide bonds. The van der Waals surface area contributed by atoms with Crippen LogP contribution in [-0.4, -0.2) is 20.1 Å². The Morgan fingerprint density at radius 2 is 2.10 bits per heavy atom. The molecule has 1 unspecified atom stereocenters. The van der Waals surface area contributed by atoms with E-state index in [1.54, 1.807) is 12.5 Å². The van der Waals surface area contributed by atoms with Crippen molar-refractivity contribution in [2.45, 2.75) is 18.9 Å². The summed E-state index contributed by atoms with van der Waals surface area (Å²) in [6.07, 6.45) is 4.59. The molecule has 1 aromatic carbocycles. The Morgan fingerprint density at radius 3 is 2.85 bits per heavy atom. The molecular formula is C14H15N5O. The number of nitrogens with two attached hydrogens (primary N) is 1. The molecule has 2 aromatic heterocycles. The first kappa shape index (κ1) is 12.6. The molecule has 102 valence electrons. The molecular weight excluding hydrogens is 254 g/mol. The number of nitrogens with zero attached hydrogens (tertiary/aromatic N) is 3. The van der Waals surface area contributed by atoms with Gasteiger partial charge < -0.3 is 15.2 Å². The van der Waals surface area contributed by atoms with Gasteiger partial charge in [0.15, 0.2) is 5.82 Å². The van der Waals surface area contributed by atoms with E-state index in [-0.39, 0.29) is 6.04 Å². The lowest BCUT2D eigenvalue weighted by Crippen LogP contribution is -2.14. The Balaban J connectivity index is 1.67. The summed E-state index contributed by atoms with van der Waals surface area (Å²) in [4.78, 5) is 11.3. The van der Waals surface area contributed by atoms with Crippen molar-refractivity contribution in [2.24, 2.45) is 5.73 Å². The predicted molar refractivity (Wildman–Crippen MR) is 72.8 cm³/mol. The topological polar surface area (TPSA) is 93.6 Å². The van der Waals surface area contributed by atoms with Gasteiger partial charge in [-0.15, -0.1) is 0 Å². The Morgan fingerprint density at radius 1 is 1.25 bits per heavy atom. The minimum absolute atomic E-state index is 0.326. The Hall–Kier alpha value is -2.47. The number of imidazole rings is 1. The van der Waals surface area contributed by atoms with Crippen molar-refractivity contribution in [1.29, 1.82) is 0 Å². The molecule has 3 aromatic rings. The van der Waals surface area contributed by atoms with Crippen LogP contribution in [0, 0.1) is 0 Å². The molecule has 0 aliphatic rings. The molecule has 0 radical (unpaired) electrons. The first-order valence-corrected chi connectivity index (χ1v) is 6.40. The van der Waals surface area contributed by atoms with Gasteiger partial charge in [-0.05, 0) is 5.56 Å². The van der Waals surface area contributed by atoms with E-state index in [1.165, 1.54) is 0 Å². The summed E-state index contributed by atoms with van der Waals surface area (Å²) < 4.78 is 5.23. The normalized spacial score (nSPS) is 12.4. The molecule has 3 N–H and O–H groups in total. The maximum absolute atomic E-state index is 6.05. The third-order valence-electron chi connectivity index (χ3n) is 3.00. The van der Waals surface area contributed by atoms with Crippen molar-refractivity contribution in [1.82, 2.24) is 20.1 Å². The fourth-order valence-corrected chi connectivity index (χ4v) is 1.99. The van der Waals surface area contributed by atoms with Crippen LogP contribution in [0.5, 0.6) is 0 Å². The Bertz CT molecular complexity index is 647. The molecule has 20 heavy (non-hydrogen) atoms. The fraction of sp³-hybridized carbons (Fsp3) is 0.214. The molecule has 6 nitrogen and oxygen atoms in total. The highest BCUT2D eigenvalue weighted by Gasteiger charge is 2.16. The van der Waals surface area contributed by atoms with E-state index >= 15 is 0 Å². The summed E-state index contributed by atoms with van der Waals surface area (Å²) in [5, 5.41) is 3.97. The Labute approximate surface area is 116 Å². The quantitative estimate of drug-likeness (QED) is 0.734. The number of aromatic amines is 1. The summed E-state index contributed by atoms with van der Waals surface area (Å²) in [7, 11) is 0. The SMILES string of the molecule is NC(Cc1cnc[nH]1)c1nc(Cc2ccccc2)no1. The van der Waals surface area contributed by atoms with Gasteiger partial charge in [-0.2, -0.15) is 4.98 Å². The average Bonchev–Trinajstić information content (AvgIpc) is 3.11. The highest BCUT2D eigenvalue weighted by atomic mass is 16.5. The minimum Gasteiger partial charge on any atom is -0.348 e. The summed E-state index contributed by atoms with van der Waals surface area (Å²) in [5.41, 5.74) is 8.13. The first-order chi connectivity index (χ1) is 9.81. The van der Waals surface area contributed by atoms with Gasteiger partial charge in [0, 0.05) is 24.7 Å². The van der Waals surface area contributed by atoms with E-state index in [4.69, 9.17) is 10.3 Å². The number of nitrogens with one attached hydrogen (secondary N) is 1. The number of benzene rings is 1. The third kappa shape index (κ3) is 2.92. The first-order valence-electron chi connectivity index (χ1n) is 6.40. The average molecular weight is 269 g/mol. The van der Waals surface area contributed by atoms with Crippen LogP contribution in [0.15, 0.2) is 47.4 Å². The van der Waals surface area contributed by atoms with Crippen LogP contribution in [0.2, 0.25) is 0 Å². The zero-order chi connectivity index (χ0) is 13.8. The lowest BCUT2D eigenvalue weighted by molar-refractivity contribution is 0.350. The summed E-state index contributed by atoms with van der Waals surface area (Å²) >= 11 is 0. The number of aromatic nitrogens is 4. The zero-order valence-corrected chi connectivity index (χ0v) is 10.9. The van der Waals surface area contributed by atoms with Gasteiger partial charge in [-0.3, -0.25) is 0 Å². The maximum Gasteiger partial charge on any atom is 0.243 e. The molecule has 0 aliphatic carbocycles. The van der Waals surface area contributed by atoms with Crippen molar-refractivity contribution in [2.75, 3.05) is 0 Å². The van der Waals surface area contributed by atoms with E-state index in [1.807, 2.05) is 30.3 Å². The van der Waals surface area contributed by atoms with Gasteiger partial charge >= 0.3 is 0 Å². The van der Waals surface area contributed by atoms with Gasteiger partial charge in [0.1, 0.15) is 0 Å². The van der Waals surface area contributed by atoms with Crippen LogP contribution in [0.25, 0.3) is 0 Å². The standard InChI is InChI=1S/C14H15N5O/c15-12(7-11-8-16-9-17-11)14-18-13(19-20-14)6-10-4-2-1-3-5-10/h1-5,8-9,12H,6-7,15H2,(H,16,17). The van der Waals surface area contributed by atoms with E-state index in [0.29, 0.717) is 24.6 Å². The molecule has 0 saturated carbocycles. The van der Waals surface area contributed by atoms with Crippen LogP contribution in [0.4, 0.5) is 0 Å². The van der Waals surface area contributed by atoms with Crippen LogP contribution >= 0.6 is 0 Å². The number of hydrogen-bond acceptors (Lipinski definition) is 5. The second-order valence-electron chi connectivity index (χ2n) is 4.60. The minimum atomic E-state index is -0.326. The smallest absolute Gasteiger partial charge is 0.243 e. The molecule has 0 bridgehead atoms. The fourth-order valence-electron chi connectivity index (χ4n) is 1.99. The van der Waals surface area contributed by atoms with Crippen molar-refractivity contribution in [3.8, 4) is 0 Å². The lowest BCUT2D eigenvalue weighted by atomic mass is 10.1. The second kappa shape index (κ2) is 5.66. The monoisotopic (exact) mass is 269 g/mol. The molecule has 0 fully saturated rings. The molecule has 1 atom stereocenters. The van der Waals surface area contributed by atoms with E-state index < -0.39 is 0 Å². The molecule has 0 saturated heterocycles. The van der Waals surface area contributed by atoms with Crippen molar-refractivity contribution in [3.05, 3.63) is 65.8 Å². The van der Waals surface area contributed by atoms with Gasteiger partial charge in [0.05, 0.1) is 12.4 Å².